The molecule has 0 saturated heterocycles. The van der Waals surface area contributed by atoms with Crippen LogP contribution in [0, 0.1) is 0 Å². The van der Waals surface area contributed by atoms with Gasteiger partial charge in [0.1, 0.15) is 0 Å². The van der Waals surface area contributed by atoms with E-state index in [-0.39, 0.29) is 12.5 Å². The van der Waals surface area contributed by atoms with Crippen molar-refractivity contribution in [1.29, 1.82) is 0 Å². The average Bonchev–Trinajstić information content (AvgIpc) is 2.38. The number of aliphatic hydroxyl groups is 1. The van der Waals surface area contributed by atoms with Crippen molar-refractivity contribution in [2.75, 3.05) is 6.61 Å². The van der Waals surface area contributed by atoms with Crippen LogP contribution in [0.4, 0.5) is 0 Å². The maximum absolute atomic E-state index is 9.49. The fourth-order valence-corrected chi connectivity index (χ4v) is 2.17. The lowest BCUT2D eigenvalue weighted by molar-refractivity contribution is 0.264. The summed E-state index contributed by atoms with van der Waals surface area (Å²) in [6.07, 6.45) is 4.31. The summed E-state index contributed by atoms with van der Waals surface area (Å²) >= 11 is 6.14. The molecule has 0 fully saturated rings. The fourth-order valence-electron chi connectivity index (χ4n) is 1.88. The number of benzene rings is 1. The van der Waals surface area contributed by atoms with Gasteiger partial charge in [-0.2, -0.15) is 0 Å². The minimum atomic E-state index is 0.0212. The highest BCUT2D eigenvalue weighted by Gasteiger charge is 2.14. The second-order valence-electron chi connectivity index (χ2n) is 3.97. The van der Waals surface area contributed by atoms with Crippen LogP contribution in [0.1, 0.15) is 17.0 Å². The Morgan fingerprint density at radius 2 is 2.00 bits per heavy atom. The van der Waals surface area contributed by atoms with Crippen molar-refractivity contribution in [3.8, 4) is 0 Å². The van der Waals surface area contributed by atoms with Crippen LogP contribution in [0.5, 0.6) is 0 Å². The SMILES string of the molecule is OCC(Cc1cccnc1)c1ccccc1Cl. The van der Waals surface area contributed by atoms with Gasteiger partial charge in [-0.1, -0.05) is 35.9 Å². The maximum atomic E-state index is 9.49. The van der Waals surface area contributed by atoms with Gasteiger partial charge in [-0.05, 0) is 29.7 Å². The van der Waals surface area contributed by atoms with E-state index in [1.807, 2.05) is 42.6 Å². The quantitative estimate of drug-likeness (QED) is 0.901. The van der Waals surface area contributed by atoms with E-state index in [2.05, 4.69) is 4.98 Å². The largest absolute Gasteiger partial charge is 0.396 e. The molecule has 1 N–H and O–H groups in total. The normalized spacial score (nSPS) is 12.4. The summed E-state index contributed by atoms with van der Waals surface area (Å²) in [5.41, 5.74) is 2.09. The molecule has 1 unspecified atom stereocenters. The van der Waals surface area contributed by atoms with Crippen molar-refractivity contribution in [2.45, 2.75) is 12.3 Å². The Bertz CT molecular complexity index is 473. The highest BCUT2D eigenvalue weighted by molar-refractivity contribution is 6.31. The third kappa shape index (κ3) is 3.05. The van der Waals surface area contributed by atoms with Gasteiger partial charge in [0.05, 0.1) is 6.61 Å². The first-order chi connectivity index (χ1) is 8.31. The molecule has 1 aromatic heterocycles. The molecule has 3 heteroatoms. The van der Waals surface area contributed by atoms with Gasteiger partial charge in [0.2, 0.25) is 0 Å². The third-order valence-electron chi connectivity index (χ3n) is 2.77. The molecule has 2 rings (SSSR count). The summed E-state index contributed by atoms with van der Waals surface area (Å²) < 4.78 is 0. The molecule has 17 heavy (non-hydrogen) atoms. The van der Waals surface area contributed by atoms with Crippen LogP contribution in [0.25, 0.3) is 0 Å². The number of hydrogen-bond donors (Lipinski definition) is 1. The number of rotatable bonds is 4. The van der Waals surface area contributed by atoms with Crippen molar-refractivity contribution in [2.24, 2.45) is 0 Å². The third-order valence-corrected chi connectivity index (χ3v) is 3.11. The van der Waals surface area contributed by atoms with Gasteiger partial charge < -0.3 is 5.11 Å². The Kier molecular flexibility index (Phi) is 4.13. The minimum Gasteiger partial charge on any atom is -0.396 e. The number of nitrogens with zero attached hydrogens (tertiary/aromatic N) is 1. The van der Waals surface area contributed by atoms with E-state index < -0.39 is 0 Å². The molecule has 88 valence electrons. The summed E-state index contributed by atoms with van der Waals surface area (Å²) in [5.74, 6) is 0.0212. The van der Waals surface area contributed by atoms with Gasteiger partial charge in [-0.15, -0.1) is 0 Å². The summed E-state index contributed by atoms with van der Waals surface area (Å²) in [5, 5.41) is 10.2. The Balaban J connectivity index is 2.21. The van der Waals surface area contributed by atoms with Crippen molar-refractivity contribution in [3.63, 3.8) is 0 Å². The van der Waals surface area contributed by atoms with Crippen LogP contribution < -0.4 is 0 Å². The summed E-state index contributed by atoms with van der Waals surface area (Å²) in [7, 11) is 0. The van der Waals surface area contributed by atoms with Gasteiger partial charge in [0.15, 0.2) is 0 Å². The van der Waals surface area contributed by atoms with Crippen LogP contribution >= 0.6 is 11.6 Å². The van der Waals surface area contributed by atoms with Crippen molar-refractivity contribution in [3.05, 3.63) is 64.9 Å². The first kappa shape index (κ1) is 12.1. The van der Waals surface area contributed by atoms with Crippen LogP contribution in [0.15, 0.2) is 48.8 Å². The second-order valence-corrected chi connectivity index (χ2v) is 4.37. The summed E-state index contributed by atoms with van der Waals surface area (Å²) in [4.78, 5) is 4.07. The van der Waals surface area contributed by atoms with E-state index in [9.17, 15) is 5.11 Å². The topological polar surface area (TPSA) is 33.1 Å². The van der Waals surface area contributed by atoms with Crippen LogP contribution in [-0.2, 0) is 6.42 Å². The van der Waals surface area contributed by atoms with Gasteiger partial charge in [0, 0.05) is 23.3 Å². The van der Waals surface area contributed by atoms with E-state index in [0.717, 1.165) is 17.5 Å². The van der Waals surface area contributed by atoms with E-state index in [1.165, 1.54) is 0 Å². The Hall–Kier alpha value is -1.38. The van der Waals surface area contributed by atoms with Gasteiger partial charge in [-0.3, -0.25) is 4.98 Å². The first-order valence-electron chi connectivity index (χ1n) is 5.55. The second kappa shape index (κ2) is 5.80. The molecular formula is C14H14ClNO. The molecule has 2 aromatic rings. The monoisotopic (exact) mass is 247 g/mol. The standard InChI is InChI=1S/C14H14ClNO/c15-14-6-2-1-5-13(14)12(10-17)8-11-4-3-7-16-9-11/h1-7,9,12,17H,8,10H2. The number of aromatic nitrogens is 1. The van der Waals surface area contributed by atoms with Crippen LogP contribution in [0.3, 0.4) is 0 Å². The van der Waals surface area contributed by atoms with Gasteiger partial charge >= 0.3 is 0 Å². The lowest BCUT2D eigenvalue weighted by Crippen LogP contribution is -2.08. The minimum absolute atomic E-state index is 0.0212. The van der Waals surface area contributed by atoms with Crippen molar-refractivity contribution in [1.82, 2.24) is 4.98 Å². The zero-order chi connectivity index (χ0) is 12.1. The van der Waals surface area contributed by atoms with E-state index >= 15 is 0 Å². The molecule has 0 amide bonds. The molecule has 0 aliphatic carbocycles. The summed E-state index contributed by atoms with van der Waals surface area (Å²) in [6, 6.07) is 11.5. The van der Waals surface area contributed by atoms with Gasteiger partial charge in [0.25, 0.3) is 0 Å². The fraction of sp³-hybridized carbons (Fsp3) is 0.214. The number of pyridine rings is 1. The molecule has 0 aliphatic heterocycles. The summed E-state index contributed by atoms with van der Waals surface area (Å²) in [6.45, 7) is 0.0820. The van der Waals surface area contributed by atoms with E-state index in [1.54, 1.807) is 6.20 Å². The molecule has 0 aliphatic rings. The van der Waals surface area contributed by atoms with E-state index in [0.29, 0.717) is 5.02 Å². The lowest BCUT2D eigenvalue weighted by Gasteiger charge is -2.15. The molecule has 1 atom stereocenters. The molecule has 1 heterocycles. The molecule has 0 saturated carbocycles. The highest BCUT2D eigenvalue weighted by atomic mass is 35.5. The highest BCUT2D eigenvalue weighted by Crippen LogP contribution is 2.26. The predicted octanol–water partition coefficient (Wildman–Crippen LogP) is 3.05. The number of hydrogen-bond acceptors (Lipinski definition) is 2. The Morgan fingerprint density at radius 1 is 1.18 bits per heavy atom. The molecule has 1 aromatic carbocycles. The zero-order valence-electron chi connectivity index (χ0n) is 9.38. The molecular weight excluding hydrogens is 234 g/mol. The van der Waals surface area contributed by atoms with Gasteiger partial charge in [-0.25, -0.2) is 0 Å². The molecule has 0 spiro atoms. The Labute approximate surface area is 106 Å². The molecule has 2 nitrogen and oxygen atoms in total. The first-order valence-corrected chi connectivity index (χ1v) is 5.93. The van der Waals surface area contributed by atoms with Crippen molar-refractivity contribution < 1.29 is 5.11 Å². The van der Waals surface area contributed by atoms with Crippen LogP contribution in [0.2, 0.25) is 5.02 Å². The van der Waals surface area contributed by atoms with Crippen molar-refractivity contribution >= 4 is 11.6 Å². The predicted molar refractivity (Wildman–Crippen MR) is 69.2 cm³/mol. The van der Waals surface area contributed by atoms with E-state index in [4.69, 9.17) is 11.6 Å². The lowest BCUT2D eigenvalue weighted by atomic mass is 9.93. The number of aliphatic hydroxyl groups excluding tert-OH is 1. The maximum Gasteiger partial charge on any atom is 0.0503 e. The van der Waals surface area contributed by atoms with Crippen LogP contribution in [-0.4, -0.2) is 16.7 Å². The Morgan fingerprint density at radius 3 is 2.65 bits per heavy atom. The molecule has 0 bridgehead atoms. The molecule has 0 radical (unpaired) electrons. The smallest absolute Gasteiger partial charge is 0.0503 e. The number of halogens is 1. The average molecular weight is 248 g/mol. The zero-order valence-corrected chi connectivity index (χ0v) is 10.1.